The number of benzene rings is 3. The van der Waals surface area contributed by atoms with Crippen LogP contribution in [0.4, 0.5) is 5.69 Å². The number of nitrogens with one attached hydrogen (secondary N) is 1. The van der Waals surface area contributed by atoms with Crippen molar-refractivity contribution >= 4 is 52.1 Å². The summed E-state index contributed by atoms with van der Waals surface area (Å²) in [6.45, 7) is 2.93. The molecule has 0 bridgehead atoms. The summed E-state index contributed by atoms with van der Waals surface area (Å²) in [6, 6.07) is 16.8. The molecule has 3 aromatic carbocycles. The van der Waals surface area contributed by atoms with Crippen molar-refractivity contribution in [2.75, 3.05) is 5.32 Å². The Morgan fingerprint density at radius 2 is 1.67 bits per heavy atom. The zero-order chi connectivity index (χ0) is 19.4. The first-order valence-electron chi connectivity index (χ1n) is 8.28. The number of anilines is 1. The smallest absolute Gasteiger partial charge is 0.138 e. The molecule has 3 rings (SSSR count). The molecule has 0 aliphatic rings. The summed E-state index contributed by atoms with van der Waals surface area (Å²) in [5.74, 6) is 0.602. The summed E-state index contributed by atoms with van der Waals surface area (Å²) in [7, 11) is 0. The Balaban J connectivity index is 1.64. The number of hydrogen-bond donors (Lipinski definition) is 1. The van der Waals surface area contributed by atoms with E-state index in [1.54, 1.807) is 12.1 Å². The molecule has 1 N–H and O–H groups in total. The lowest BCUT2D eigenvalue weighted by molar-refractivity contribution is 0.306. The van der Waals surface area contributed by atoms with Crippen LogP contribution in [-0.4, -0.2) is 0 Å². The summed E-state index contributed by atoms with van der Waals surface area (Å²) in [5.41, 5.74) is 3.90. The lowest BCUT2D eigenvalue weighted by atomic mass is 10.1. The Bertz CT molecular complexity index is 959. The highest BCUT2D eigenvalue weighted by molar-refractivity contribution is 6.35. The molecule has 0 saturated heterocycles. The molecule has 0 radical (unpaired) electrons. The highest BCUT2D eigenvalue weighted by Gasteiger charge is 2.07. The topological polar surface area (TPSA) is 21.3 Å². The second-order valence-corrected chi connectivity index (χ2v) is 7.71. The summed E-state index contributed by atoms with van der Waals surface area (Å²) in [4.78, 5) is 0. The van der Waals surface area contributed by atoms with E-state index in [1.807, 2.05) is 49.4 Å². The van der Waals surface area contributed by atoms with Crippen molar-refractivity contribution < 1.29 is 4.74 Å². The SMILES string of the molecule is Cc1c(Cl)cccc1NCc1ccc(OCc2ccc(Cl)cc2Cl)c(Cl)c1. The molecule has 0 unspecified atom stereocenters. The van der Waals surface area contributed by atoms with Gasteiger partial charge in [-0.3, -0.25) is 0 Å². The molecule has 0 aliphatic carbocycles. The van der Waals surface area contributed by atoms with E-state index in [2.05, 4.69) is 5.32 Å². The van der Waals surface area contributed by atoms with Gasteiger partial charge in [0.1, 0.15) is 12.4 Å². The summed E-state index contributed by atoms with van der Waals surface area (Å²) in [6.07, 6.45) is 0. The Kier molecular flexibility index (Phi) is 6.78. The molecule has 3 aromatic rings. The second-order valence-electron chi connectivity index (χ2n) is 6.06. The van der Waals surface area contributed by atoms with E-state index in [9.17, 15) is 0 Å². The van der Waals surface area contributed by atoms with Crippen molar-refractivity contribution in [3.05, 3.63) is 91.4 Å². The minimum Gasteiger partial charge on any atom is -0.487 e. The fraction of sp³-hybridized carbons (Fsp3) is 0.143. The lowest BCUT2D eigenvalue weighted by Crippen LogP contribution is -2.02. The van der Waals surface area contributed by atoms with E-state index >= 15 is 0 Å². The first-order chi connectivity index (χ1) is 12.9. The van der Waals surface area contributed by atoms with Crippen LogP contribution in [0.5, 0.6) is 5.75 Å². The van der Waals surface area contributed by atoms with Gasteiger partial charge in [-0.2, -0.15) is 0 Å². The first kappa shape index (κ1) is 20.2. The molecule has 0 atom stereocenters. The van der Waals surface area contributed by atoms with Gasteiger partial charge in [0, 0.05) is 32.9 Å². The third kappa shape index (κ3) is 5.24. The van der Waals surface area contributed by atoms with Gasteiger partial charge in [0.2, 0.25) is 0 Å². The third-order valence-electron chi connectivity index (χ3n) is 4.15. The van der Waals surface area contributed by atoms with Crippen LogP contribution in [0.3, 0.4) is 0 Å². The van der Waals surface area contributed by atoms with Crippen molar-refractivity contribution in [1.82, 2.24) is 0 Å². The van der Waals surface area contributed by atoms with Crippen LogP contribution in [0, 0.1) is 6.92 Å². The first-order valence-corrected chi connectivity index (χ1v) is 9.79. The standard InChI is InChI=1S/C21H17Cl4NO/c1-13-17(23)3-2-4-20(13)26-11-14-5-8-21(19(25)9-14)27-12-15-6-7-16(22)10-18(15)24/h2-10,26H,11-12H2,1H3. The fourth-order valence-electron chi connectivity index (χ4n) is 2.56. The van der Waals surface area contributed by atoms with Crippen LogP contribution in [0.1, 0.15) is 16.7 Å². The highest BCUT2D eigenvalue weighted by atomic mass is 35.5. The number of ether oxygens (including phenoxy) is 1. The lowest BCUT2D eigenvalue weighted by Gasteiger charge is -2.13. The summed E-state index contributed by atoms with van der Waals surface area (Å²) >= 11 is 24.6. The Labute approximate surface area is 179 Å². The van der Waals surface area contributed by atoms with Crippen molar-refractivity contribution in [3.63, 3.8) is 0 Å². The third-order valence-corrected chi connectivity index (χ3v) is 5.44. The van der Waals surface area contributed by atoms with Crippen LogP contribution in [0.15, 0.2) is 54.6 Å². The molecule has 140 valence electrons. The Hall–Kier alpha value is -1.58. The minimum atomic E-state index is 0.315. The van der Waals surface area contributed by atoms with Gasteiger partial charge in [0.05, 0.1) is 5.02 Å². The molecule has 0 saturated carbocycles. The van der Waals surface area contributed by atoms with Gasteiger partial charge in [0.25, 0.3) is 0 Å². The molecule has 27 heavy (non-hydrogen) atoms. The second kappa shape index (κ2) is 9.07. The van der Waals surface area contributed by atoms with Crippen LogP contribution < -0.4 is 10.1 Å². The highest BCUT2D eigenvalue weighted by Crippen LogP contribution is 2.29. The monoisotopic (exact) mass is 439 g/mol. The summed E-state index contributed by atoms with van der Waals surface area (Å²) in [5, 5.41) is 5.81. The molecular weight excluding hydrogens is 424 g/mol. The zero-order valence-electron chi connectivity index (χ0n) is 14.5. The maximum Gasteiger partial charge on any atom is 0.138 e. The zero-order valence-corrected chi connectivity index (χ0v) is 17.6. The van der Waals surface area contributed by atoms with E-state index in [1.165, 1.54) is 0 Å². The van der Waals surface area contributed by atoms with Gasteiger partial charge >= 0.3 is 0 Å². The molecule has 0 fully saturated rings. The maximum atomic E-state index is 6.37. The van der Waals surface area contributed by atoms with Gasteiger partial charge in [0.15, 0.2) is 0 Å². The van der Waals surface area contributed by atoms with Crippen LogP contribution in [0.2, 0.25) is 20.1 Å². The molecule has 2 nitrogen and oxygen atoms in total. The number of hydrogen-bond acceptors (Lipinski definition) is 2. The molecule has 0 aliphatic heterocycles. The van der Waals surface area contributed by atoms with Gasteiger partial charge in [-0.1, -0.05) is 64.6 Å². The molecule has 0 spiro atoms. The summed E-state index contributed by atoms with van der Waals surface area (Å²) < 4.78 is 5.80. The van der Waals surface area contributed by atoms with Crippen molar-refractivity contribution in [2.24, 2.45) is 0 Å². The predicted octanol–water partition coefficient (Wildman–Crippen LogP) is 7.80. The molecule has 0 aromatic heterocycles. The van der Waals surface area contributed by atoms with Crippen molar-refractivity contribution in [3.8, 4) is 5.75 Å². The van der Waals surface area contributed by atoms with Gasteiger partial charge in [-0.05, 0) is 54.4 Å². The van der Waals surface area contributed by atoms with Crippen molar-refractivity contribution in [2.45, 2.75) is 20.1 Å². The van der Waals surface area contributed by atoms with E-state index in [4.69, 9.17) is 51.1 Å². The quantitative estimate of drug-likeness (QED) is 0.422. The Morgan fingerprint density at radius 3 is 2.41 bits per heavy atom. The van der Waals surface area contributed by atoms with E-state index in [0.29, 0.717) is 34.0 Å². The molecule has 0 heterocycles. The predicted molar refractivity (Wildman–Crippen MR) is 116 cm³/mol. The molecule has 0 amide bonds. The number of rotatable bonds is 6. The molecular formula is C21H17Cl4NO. The van der Waals surface area contributed by atoms with Gasteiger partial charge < -0.3 is 10.1 Å². The van der Waals surface area contributed by atoms with Crippen LogP contribution >= 0.6 is 46.4 Å². The normalized spacial score (nSPS) is 10.7. The fourth-order valence-corrected chi connectivity index (χ4v) is 3.46. The average molecular weight is 441 g/mol. The maximum absolute atomic E-state index is 6.37. The van der Waals surface area contributed by atoms with Gasteiger partial charge in [-0.15, -0.1) is 0 Å². The van der Waals surface area contributed by atoms with Crippen LogP contribution in [-0.2, 0) is 13.2 Å². The minimum absolute atomic E-state index is 0.315. The average Bonchev–Trinajstić information content (AvgIpc) is 2.63. The number of halogens is 4. The largest absolute Gasteiger partial charge is 0.487 e. The Morgan fingerprint density at radius 1 is 0.852 bits per heavy atom. The van der Waals surface area contributed by atoms with E-state index < -0.39 is 0 Å². The van der Waals surface area contributed by atoms with Gasteiger partial charge in [-0.25, -0.2) is 0 Å². The van der Waals surface area contributed by atoms with E-state index in [0.717, 1.165) is 27.4 Å². The van der Waals surface area contributed by atoms with Crippen LogP contribution in [0.25, 0.3) is 0 Å². The van der Waals surface area contributed by atoms with Crippen molar-refractivity contribution in [1.29, 1.82) is 0 Å². The van der Waals surface area contributed by atoms with E-state index in [-0.39, 0.29) is 0 Å². The molecule has 6 heteroatoms.